The summed E-state index contributed by atoms with van der Waals surface area (Å²) < 4.78 is 0. The number of carboxylic acid groups (broad SMARTS) is 1. The van der Waals surface area contributed by atoms with Gasteiger partial charge in [0.15, 0.2) is 0 Å². The van der Waals surface area contributed by atoms with E-state index in [1.54, 1.807) is 0 Å². The second-order valence-electron chi connectivity index (χ2n) is 7.49. The van der Waals surface area contributed by atoms with Crippen molar-refractivity contribution in [1.29, 1.82) is 0 Å². The van der Waals surface area contributed by atoms with E-state index in [4.69, 9.17) is 4.98 Å². The van der Waals surface area contributed by atoms with Crippen LogP contribution in [-0.4, -0.2) is 53.4 Å². The number of aliphatic hydroxyl groups excluding tert-OH is 1. The van der Waals surface area contributed by atoms with Crippen molar-refractivity contribution in [3.8, 4) is 0 Å². The monoisotopic (exact) mass is 403 g/mol. The van der Waals surface area contributed by atoms with Crippen LogP contribution in [0.3, 0.4) is 0 Å². The molecule has 1 aromatic rings. The van der Waals surface area contributed by atoms with Crippen LogP contribution in [-0.2, 0) is 12.8 Å². The number of nitrogens with zero attached hydrogens (tertiary/aromatic N) is 2. The summed E-state index contributed by atoms with van der Waals surface area (Å²) in [5.74, 6) is -0.311. The number of halogens is 2. The van der Waals surface area contributed by atoms with Gasteiger partial charge in [0.25, 0.3) is 0 Å². The van der Waals surface area contributed by atoms with Crippen LogP contribution in [0.2, 0.25) is 0 Å². The van der Waals surface area contributed by atoms with E-state index in [1.807, 2.05) is 6.07 Å². The number of fused-ring (bicyclic) bond motifs is 1. The Morgan fingerprint density at radius 1 is 1.31 bits per heavy atom. The molecule has 3 aliphatic rings. The lowest BCUT2D eigenvalue weighted by molar-refractivity contribution is -0.0102. The molecular weight excluding hydrogens is 377 g/mol. The first-order chi connectivity index (χ1) is 11.6. The minimum Gasteiger partial charge on any atom is -0.478 e. The van der Waals surface area contributed by atoms with Crippen molar-refractivity contribution in [3.63, 3.8) is 0 Å². The van der Waals surface area contributed by atoms with Crippen LogP contribution in [0.5, 0.6) is 0 Å². The van der Waals surface area contributed by atoms with Gasteiger partial charge in [-0.15, -0.1) is 24.8 Å². The molecule has 0 bridgehead atoms. The van der Waals surface area contributed by atoms with Gasteiger partial charge in [0.1, 0.15) is 11.4 Å². The van der Waals surface area contributed by atoms with E-state index in [9.17, 15) is 15.0 Å². The van der Waals surface area contributed by atoms with Gasteiger partial charge in [0.05, 0.1) is 6.10 Å². The first-order valence-electron chi connectivity index (χ1n) is 8.99. The van der Waals surface area contributed by atoms with Gasteiger partial charge in [-0.25, -0.2) is 9.78 Å². The SMILES string of the molecule is Cl.Cl.O=C(O)c1cc2c(nc1N1CCC[C@]3(CNCC[C@@H]3O)C1)CCC2. The number of carbonyl (C=O) groups is 1. The van der Waals surface area contributed by atoms with E-state index in [2.05, 4.69) is 10.2 Å². The highest BCUT2D eigenvalue weighted by molar-refractivity contribution is 5.93. The van der Waals surface area contributed by atoms with Gasteiger partial charge >= 0.3 is 5.97 Å². The van der Waals surface area contributed by atoms with E-state index < -0.39 is 5.97 Å². The lowest BCUT2D eigenvalue weighted by Crippen LogP contribution is -2.58. The minimum absolute atomic E-state index is 0. The molecule has 3 N–H and O–H groups in total. The summed E-state index contributed by atoms with van der Waals surface area (Å²) in [4.78, 5) is 18.6. The van der Waals surface area contributed by atoms with Crippen molar-refractivity contribution < 1.29 is 15.0 Å². The van der Waals surface area contributed by atoms with Gasteiger partial charge in [-0.1, -0.05) is 0 Å². The number of aryl methyl sites for hydroxylation is 2. The predicted octanol–water partition coefficient (Wildman–Crippen LogP) is 2.05. The zero-order chi connectivity index (χ0) is 16.7. The Labute approximate surface area is 166 Å². The number of carboxylic acids is 1. The number of hydrogen-bond acceptors (Lipinski definition) is 5. The fourth-order valence-electron chi connectivity index (χ4n) is 4.62. The van der Waals surface area contributed by atoms with Crippen molar-refractivity contribution >= 4 is 36.6 Å². The van der Waals surface area contributed by atoms with E-state index >= 15 is 0 Å². The lowest BCUT2D eigenvalue weighted by atomic mass is 9.72. The maximum absolute atomic E-state index is 11.8. The Hall–Kier alpha value is -1.08. The Morgan fingerprint density at radius 3 is 2.85 bits per heavy atom. The van der Waals surface area contributed by atoms with Crippen LogP contribution < -0.4 is 10.2 Å². The van der Waals surface area contributed by atoms with Crippen LogP contribution >= 0.6 is 24.8 Å². The highest BCUT2D eigenvalue weighted by atomic mass is 35.5. The van der Waals surface area contributed by atoms with Crippen LogP contribution in [0.25, 0.3) is 0 Å². The number of aromatic carboxylic acids is 1. The summed E-state index contributed by atoms with van der Waals surface area (Å²) in [5.41, 5.74) is 2.26. The number of rotatable bonds is 2. The first-order valence-corrected chi connectivity index (χ1v) is 8.99. The van der Waals surface area contributed by atoms with Crippen molar-refractivity contribution in [2.24, 2.45) is 5.41 Å². The Morgan fingerprint density at radius 2 is 2.12 bits per heavy atom. The van der Waals surface area contributed by atoms with Gasteiger partial charge in [0, 0.05) is 30.7 Å². The molecule has 0 unspecified atom stereocenters. The highest BCUT2D eigenvalue weighted by Gasteiger charge is 2.44. The molecule has 2 atom stereocenters. The van der Waals surface area contributed by atoms with Crippen molar-refractivity contribution in [3.05, 3.63) is 22.9 Å². The normalized spacial score (nSPS) is 27.4. The third-order valence-corrected chi connectivity index (χ3v) is 5.95. The highest BCUT2D eigenvalue weighted by Crippen LogP contribution is 2.39. The van der Waals surface area contributed by atoms with Crippen LogP contribution in [0.1, 0.15) is 47.3 Å². The third-order valence-electron chi connectivity index (χ3n) is 5.95. The maximum atomic E-state index is 11.8. The largest absolute Gasteiger partial charge is 0.478 e. The van der Waals surface area contributed by atoms with Gasteiger partial charge in [-0.3, -0.25) is 0 Å². The summed E-state index contributed by atoms with van der Waals surface area (Å²) >= 11 is 0. The number of pyridine rings is 1. The second-order valence-corrected chi connectivity index (χ2v) is 7.49. The van der Waals surface area contributed by atoms with Gasteiger partial charge < -0.3 is 20.4 Å². The average molecular weight is 404 g/mol. The molecule has 146 valence electrons. The number of aliphatic hydroxyl groups is 1. The fraction of sp³-hybridized carbons (Fsp3) is 0.667. The minimum atomic E-state index is -0.908. The molecule has 26 heavy (non-hydrogen) atoms. The summed E-state index contributed by atoms with van der Waals surface area (Å²) in [6.45, 7) is 3.12. The number of hydrogen-bond donors (Lipinski definition) is 3. The Kier molecular flexibility index (Phi) is 6.77. The molecule has 1 aliphatic carbocycles. The molecule has 0 radical (unpaired) electrons. The molecule has 1 spiro atoms. The molecule has 0 saturated carbocycles. The smallest absolute Gasteiger partial charge is 0.339 e. The maximum Gasteiger partial charge on any atom is 0.339 e. The van der Waals surface area contributed by atoms with Crippen molar-refractivity contribution in [2.75, 3.05) is 31.1 Å². The van der Waals surface area contributed by atoms with Gasteiger partial charge in [0.2, 0.25) is 0 Å². The van der Waals surface area contributed by atoms with Crippen LogP contribution in [0, 0.1) is 5.41 Å². The van der Waals surface area contributed by atoms with Crippen LogP contribution in [0.15, 0.2) is 6.07 Å². The number of piperidine rings is 2. The standard InChI is InChI=1S/C18H25N3O3.2ClH/c22-15-5-7-19-10-18(15)6-2-8-21(11-18)16-13(17(23)24)9-12-3-1-4-14(12)20-16;;/h9,15,19,22H,1-8,10-11H2,(H,23,24);2*1H/t15-,18-;;/m0../s1. The summed E-state index contributed by atoms with van der Waals surface area (Å²) in [6.07, 6.45) is 5.28. The average Bonchev–Trinajstić information content (AvgIpc) is 3.04. The van der Waals surface area contributed by atoms with E-state index in [1.165, 1.54) is 0 Å². The molecule has 2 saturated heterocycles. The molecule has 3 heterocycles. The molecule has 1 aromatic heterocycles. The predicted molar refractivity (Wildman–Crippen MR) is 105 cm³/mol. The molecule has 4 rings (SSSR count). The van der Waals surface area contributed by atoms with E-state index in [0.717, 1.165) is 69.4 Å². The Balaban J connectivity index is 0.00000121. The fourth-order valence-corrected chi connectivity index (χ4v) is 4.62. The van der Waals surface area contributed by atoms with Crippen molar-refractivity contribution in [2.45, 2.75) is 44.6 Å². The lowest BCUT2D eigenvalue weighted by Gasteiger charge is -2.48. The van der Waals surface area contributed by atoms with Crippen LogP contribution in [0.4, 0.5) is 5.82 Å². The summed E-state index contributed by atoms with van der Waals surface area (Å²) in [6, 6.07) is 1.82. The summed E-state index contributed by atoms with van der Waals surface area (Å²) in [7, 11) is 0. The van der Waals surface area contributed by atoms with E-state index in [-0.39, 0.29) is 36.3 Å². The number of aromatic nitrogens is 1. The molecule has 2 aliphatic heterocycles. The topological polar surface area (TPSA) is 85.7 Å². The molecule has 8 heteroatoms. The zero-order valence-corrected chi connectivity index (χ0v) is 16.4. The third kappa shape index (κ3) is 3.65. The molecule has 2 fully saturated rings. The molecular formula is C18H27Cl2N3O3. The van der Waals surface area contributed by atoms with Gasteiger partial charge in [-0.05, 0) is 56.7 Å². The summed E-state index contributed by atoms with van der Waals surface area (Å²) in [5, 5.41) is 23.6. The van der Waals surface area contributed by atoms with Gasteiger partial charge in [-0.2, -0.15) is 0 Å². The Bertz CT molecular complexity index is 669. The van der Waals surface area contributed by atoms with Crippen molar-refractivity contribution in [1.82, 2.24) is 10.3 Å². The molecule has 0 amide bonds. The molecule has 0 aromatic carbocycles. The zero-order valence-electron chi connectivity index (χ0n) is 14.7. The van der Waals surface area contributed by atoms with E-state index in [0.29, 0.717) is 17.9 Å². The molecule has 6 nitrogen and oxygen atoms in total. The first kappa shape index (κ1) is 21.2. The quantitative estimate of drug-likeness (QED) is 0.700. The number of anilines is 1. The number of nitrogens with one attached hydrogen (secondary N) is 1. The second kappa shape index (κ2) is 8.30.